The Labute approximate surface area is 148 Å². The van der Waals surface area contributed by atoms with E-state index in [1.807, 2.05) is 12.1 Å². The fourth-order valence-corrected chi connectivity index (χ4v) is 3.28. The third kappa shape index (κ3) is 3.47. The smallest absolute Gasteiger partial charge is 0.141 e. The van der Waals surface area contributed by atoms with Gasteiger partial charge in [-0.3, -0.25) is 0 Å². The van der Waals surface area contributed by atoms with Crippen molar-refractivity contribution in [1.82, 2.24) is 14.5 Å². The first-order chi connectivity index (χ1) is 11.6. The summed E-state index contributed by atoms with van der Waals surface area (Å²) in [5.41, 5.74) is 4.50. The van der Waals surface area contributed by atoms with Gasteiger partial charge in [0.05, 0.1) is 11.0 Å². The quantitative estimate of drug-likeness (QED) is 0.628. The summed E-state index contributed by atoms with van der Waals surface area (Å²) < 4.78 is 2.32. The van der Waals surface area contributed by atoms with Crippen molar-refractivity contribution < 1.29 is 0 Å². The van der Waals surface area contributed by atoms with E-state index >= 15 is 0 Å². The Kier molecular flexibility index (Phi) is 5.22. The van der Waals surface area contributed by atoms with Gasteiger partial charge in [-0.25, -0.2) is 4.98 Å². The van der Waals surface area contributed by atoms with Crippen LogP contribution < -0.4 is 0 Å². The van der Waals surface area contributed by atoms with Gasteiger partial charge in [-0.05, 0) is 44.3 Å². The first-order valence-corrected chi connectivity index (χ1v) is 8.95. The number of likely N-dealkylation sites (N-methyl/N-ethyl adjacent to an activating group) is 1. The van der Waals surface area contributed by atoms with Crippen molar-refractivity contribution in [1.29, 1.82) is 0 Å². The Morgan fingerprint density at radius 3 is 2.58 bits per heavy atom. The van der Waals surface area contributed by atoms with E-state index in [0.29, 0.717) is 0 Å². The minimum atomic E-state index is 0.728. The predicted octanol–water partition coefficient (Wildman–Crippen LogP) is 5.01. The van der Waals surface area contributed by atoms with Crippen LogP contribution in [-0.2, 0) is 6.54 Å². The fourth-order valence-electron chi connectivity index (χ4n) is 3.12. The summed E-state index contributed by atoms with van der Waals surface area (Å²) in [4.78, 5) is 7.31. The van der Waals surface area contributed by atoms with Crippen molar-refractivity contribution in [2.75, 3.05) is 19.6 Å². The van der Waals surface area contributed by atoms with Crippen LogP contribution in [0.2, 0.25) is 5.02 Å². The van der Waals surface area contributed by atoms with Crippen molar-refractivity contribution >= 4 is 22.6 Å². The number of hydrogen-bond donors (Lipinski definition) is 0. The Morgan fingerprint density at radius 2 is 1.88 bits per heavy atom. The molecule has 0 unspecified atom stereocenters. The van der Waals surface area contributed by atoms with E-state index in [9.17, 15) is 0 Å². The highest BCUT2D eigenvalue weighted by Gasteiger charge is 2.14. The molecule has 3 rings (SSSR count). The molecule has 0 radical (unpaired) electrons. The molecule has 0 fully saturated rings. The summed E-state index contributed by atoms with van der Waals surface area (Å²) in [5, 5.41) is 0.728. The molecule has 0 amide bonds. The van der Waals surface area contributed by atoms with Crippen LogP contribution in [0.1, 0.15) is 19.4 Å². The molecule has 1 heterocycles. The molecule has 0 aliphatic carbocycles. The highest BCUT2D eigenvalue weighted by molar-refractivity contribution is 6.31. The molecular formula is C20H24ClN3. The highest BCUT2D eigenvalue weighted by Crippen LogP contribution is 2.27. The number of benzene rings is 2. The Bertz CT molecular complexity index is 834. The number of hydrogen-bond acceptors (Lipinski definition) is 2. The van der Waals surface area contributed by atoms with Gasteiger partial charge in [-0.2, -0.15) is 0 Å². The number of nitrogens with zero attached hydrogens (tertiary/aromatic N) is 3. The summed E-state index contributed by atoms with van der Waals surface area (Å²) >= 11 is 6.17. The van der Waals surface area contributed by atoms with Crippen LogP contribution in [0.4, 0.5) is 0 Å². The fraction of sp³-hybridized carbons (Fsp3) is 0.350. The maximum Gasteiger partial charge on any atom is 0.141 e. The second kappa shape index (κ2) is 7.37. The highest BCUT2D eigenvalue weighted by atomic mass is 35.5. The Balaban J connectivity index is 2.07. The van der Waals surface area contributed by atoms with E-state index < -0.39 is 0 Å². The van der Waals surface area contributed by atoms with Crippen molar-refractivity contribution in [3.63, 3.8) is 0 Å². The molecule has 24 heavy (non-hydrogen) atoms. The van der Waals surface area contributed by atoms with Crippen LogP contribution in [0.15, 0.2) is 42.5 Å². The maximum atomic E-state index is 6.17. The topological polar surface area (TPSA) is 21.1 Å². The molecule has 0 atom stereocenters. The molecule has 0 bridgehead atoms. The second-order valence-corrected chi connectivity index (χ2v) is 6.55. The van der Waals surface area contributed by atoms with Crippen LogP contribution in [0.25, 0.3) is 22.4 Å². The van der Waals surface area contributed by atoms with E-state index in [0.717, 1.165) is 53.6 Å². The van der Waals surface area contributed by atoms with Gasteiger partial charge < -0.3 is 9.47 Å². The van der Waals surface area contributed by atoms with E-state index in [1.165, 1.54) is 5.56 Å². The maximum absolute atomic E-state index is 6.17. The third-order valence-electron chi connectivity index (χ3n) is 4.52. The second-order valence-electron chi connectivity index (χ2n) is 6.12. The number of aromatic nitrogens is 2. The van der Waals surface area contributed by atoms with Crippen LogP contribution in [-0.4, -0.2) is 34.1 Å². The van der Waals surface area contributed by atoms with Gasteiger partial charge in [-0.1, -0.05) is 49.2 Å². The zero-order chi connectivity index (χ0) is 17.1. The average molecular weight is 342 g/mol. The molecule has 0 saturated carbocycles. The molecule has 126 valence electrons. The van der Waals surface area contributed by atoms with Crippen LogP contribution in [0, 0.1) is 6.92 Å². The van der Waals surface area contributed by atoms with Crippen LogP contribution in [0.3, 0.4) is 0 Å². The van der Waals surface area contributed by atoms with E-state index in [2.05, 4.69) is 60.6 Å². The van der Waals surface area contributed by atoms with E-state index in [4.69, 9.17) is 16.6 Å². The van der Waals surface area contributed by atoms with E-state index in [-0.39, 0.29) is 0 Å². The van der Waals surface area contributed by atoms with Gasteiger partial charge in [0.25, 0.3) is 0 Å². The lowest BCUT2D eigenvalue weighted by Crippen LogP contribution is -2.27. The predicted molar refractivity (Wildman–Crippen MR) is 103 cm³/mol. The summed E-state index contributed by atoms with van der Waals surface area (Å²) in [5.74, 6) is 1.02. The molecule has 0 saturated heterocycles. The summed E-state index contributed by atoms with van der Waals surface area (Å²) in [7, 11) is 0. The van der Waals surface area contributed by atoms with Crippen molar-refractivity contribution in [3.05, 3.63) is 53.1 Å². The molecule has 3 aromatic rings. The Morgan fingerprint density at radius 1 is 1.08 bits per heavy atom. The molecule has 0 aliphatic heterocycles. The third-order valence-corrected chi connectivity index (χ3v) is 4.76. The van der Waals surface area contributed by atoms with Gasteiger partial charge in [0.1, 0.15) is 5.82 Å². The van der Waals surface area contributed by atoms with Crippen molar-refractivity contribution in [2.24, 2.45) is 0 Å². The summed E-state index contributed by atoms with van der Waals surface area (Å²) in [6, 6.07) is 14.5. The zero-order valence-corrected chi connectivity index (χ0v) is 15.3. The first kappa shape index (κ1) is 17.0. The minimum absolute atomic E-state index is 0.728. The normalized spacial score (nSPS) is 11.5. The van der Waals surface area contributed by atoms with Gasteiger partial charge in [0.2, 0.25) is 0 Å². The van der Waals surface area contributed by atoms with Crippen molar-refractivity contribution in [2.45, 2.75) is 27.3 Å². The molecule has 1 aromatic heterocycles. The van der Waals surface area contributed by atoms with Gasteiger partial charge in [-0.15, -0.1) is 0 Å². The molecular weight excluding hydrogens is 318 g/mol. The number of imidazole rings is 1. The SMILES string of the molecule is CCN(CC)CCn1c(-c2cccc(C)c2)nc2cc(Cl)ccc21. The molecule has 4 heteroatoms. The molecule has 0 aliphatic rings. The lowest BCUT2D eigenvalue weighted by atomic mass is 10.1. The number of rotatable bonds is 6. The molecule has 0 N–H and O–H groups in total. The molecule has 3 nitrogen and oxygen atoms in total. The summed E-state index contributed by atoms with van der Waals surface area (Å²) in [6.45, 7) is 10.6. The lowest BCUT2D eigenvalue weighted by Gasteiger charge is -2.19. The van der Waals surface area contributed by atoms with Gasteiger partial charge in [0, 0.05) is 23.7 Å². The van der Waals surface area contributed by atoms with Crippen LogP contribution >= 0.6 is 11.6 Å². The largest absolute Gasteiger partial charge is 0.323 e. The minimum Gasteiger partial charge on any atom is -0.323 e. The van der Waals surface area contributed by atoms with Gasteiger partial charge in [0.15, 0.2) is 0 Å². The lowest BCUT2D eigenvalue weighted by molar-refractivity contribution is 0.292. The number of halogens is 1. The zero-order valence-electron chi connectivity index (χ0n) is 14.6. The van der Waals surface area contributed by atoms with Crippen LogP contribution in [0.5, 0.6) is 0 Å². The average Bonchev–Trinajstić information content (AvgIpc) is 2.93. The van der Waals surface area contributed by atoms with Gasteiger partial charge >= 0.3 is 0 Å². The first-order valence-electron chi connectivity index (χ1n) is 8.57. The number of fused-ring (bicyclic) bond motifs is 1. The standard InChI is InChI=1S/C20H24ClN3/c1-4-23(5-2)11-12-24-19-10-9-17(21)14-18(19)22-20(24)16-8-6-7-15(3)13-16/h6-10,13-14H,4-5,11-12H2,1-3H3. The monoisotopic (exact) mass is 341 g/mol. The number of aryl methyl sites for hydroxylation is 1. The summed E-state index contributed by atoms with van der Waals surface area (Å²) in [6.07, 6.45) is 0. The molecule has 0 spiro atoms. The van der Waals surface area contributed by atoms with E-state index in [1.54, 1.807) is 0 Å². The van der Waals surface area contributed by atoms with Crippen molar-refractivity contribution in [3.8, 4) is 11.4 Å². The Hall–Kier alpha value is -1.84. The molecule has 2 aromatic carbocycles.